The molecule has 0 fully saturated rings. The van der Waals surface area contributed by atoms with E-state index in [0.29, 0.717) is 6.61 Å². The Bertz CT molecular complexity index is 110. The highest BCUT2D eigenvalue weighted by Crippen LogP contribution is 1.78. The van der Waals surface area contributed by atoms with E-state index in [0.717, 1.165) is 13.4 Å². The monoisotopic (exact) mass is 192 g/mol. The smallest absolute Gasteiger partial charge is 0.302 e. The minimum absolute atomic E-state index is 0.204. The highest BCUT2D eigenvalue weighted by Gasteiger charge is 1.81. The van der Waals surface area contributed by atoms with Crippen LogP contribution in [0.15, 0.2) is 0 Å². The van der Waals surface area contributed by atoms with Crippen molar-refractivity contribution in [2.45, 2.75) is 27.7 Å². The third-order valence-electron chi connectivity index (χ3n) is 0.620. The molecule has 0 aromatic rings. The summed E-state index contributed by atoms with van der Waals surface area (Å²) in [6.07, 6.45) is 0.917. The molecule has 0 heterocycles. The molecule has 0 saturated heterocycles. The number of carbonyl (C=O) groups excluding carboxylic acids is 2. The van der Waals surface area contributed by atoms with Gasteiger partial charge in [-0.2, -0.15) is 0 Å². The summed E-state index contributed by atoms with van der Waals surface area (Å²) in [6.45, 7) is 7.36. The summed E-state index contributed by atoms with van der Waals surface area (Å²) in [5.41, 5.74) is 0. The molecule has 13 heavy (non-hydrogen) atoms. The van der Waals surface area contributed by atoms with Crippen LogP contribution >= 0.6 is 0 Å². The molecule has 0 radical (unpaired) electrons. The lowest BCUT2D eigenvalue weighted by Gasteiger charge is -1.89. The van der Waals surface area contributed by atoms with Gasteiger partial charge in [0.2, 0.25) is 0 Å². The van der Waals surface area contributed by atoms with Crippen LogP contribution in [0.25, 0.3) is 0 Å². The second-order valence-electron chi connectivity index (χ2n) is 2.30. The van der Waals surface area contributed by atoms with E-state index < -0.39 is 0 Å². The Morgan fingerprint density at radius 2 is 1.77 bits per heavy atom. The molecule has 0 unspecified atom stereocenters. The lowest BCUT2D eigenvalue weighted by atomic mass is 10.3. The molecule has 0 bridgehead atoms. The summed E-state index contributed by atoms with van der Waals surface area (Å²) in [4.78, 5) is 19.3. The highest BCUT2D eigenvalue weighted by molar-refractivity contribution is 5.65. The van der Waals surface area contributed by atoms with Crippen molar-refractivity contribution in [3.63, 3.8) is 0 Å². The van der Waals surface area contributed by atoms with Crippen molar-refractivity contribution in [2.75, 3.05) is 13.7 Å². The van der Waals surface area contributed by atoms with Crippen LogP contribution in [0.2, 0.25) is 0 Å². The van der Waals surface area contributed by atoms with Gasteiger partial charge >= 0.3 is 5.97 Å². The summed E-state index contributed by atoms with van der Waals surface area (Å²) in [5, 5.41) is 7.00. The molecule has 0 aromatic carbocycles. The van der Waals surface area contributed by atoms with Gasteiger partial charge in [-0.25, -0.2) is 0 Å². The number of hydrogen-bond acceptors (Lipinski definition) is 4. The van der Waals surface area contributed by atoms with Crippen LogP contribution in [0.1, 0.15) is 27.7 Å². The second-order valence-corrected chi connectivity index (χ2v) is 2.30. The molecule has 1 N–H and O–H groups in total. The molecule has 0 amide bonds. The molecule has 4 heteroatoms. The second kappa shape index (κ2) is 17.3. The van der Waals surface area contributed by atoms with Crippen LogP contribution in [0.4, 0.5) is 0 Å². The van der Waals surface area contributed by atoms with Crippen LogP contribution < -0.4 is 0 Å². The van der Waals surface area contributed by atoms with Crippen LogP contribution in [-0.2, 0) is 14.3 Å². The number of esters is 1. The van der Waals surface area contributed by atoms with Gasteiger partial charge in [0.05, 0.1) is 6.61 Å². The van der Waals surface area contributed by atoms with E-state index in [4.69, 9.17) is 5.11 Å². The van der Waals surface area contributed by atoms with Gasteiger partial charge in [-0.3, -0.25) is 4.79 Å². The Balaban J connectivity index is -0.000000131. The number of ether oxygens (including phenoxy) is 1. The fourth-order valence-corrected chi connectivity index (χ4v) is 0.203. The van der Waals surface area contributed by atoms with Gasteiger partial charge in [0.25, 0.3) is 0 Å². The first-order chi connectivity index (χ1) is 6.04. The number of aliphatic hydroxyl groups excluding tert-OH is 1. The number of aliphatic hydroxyl groups is 1. The molecule has 4 nitrogen and oxygen atoms in total. The number of hydrogen-bond donors (Lipinski definition) is 1. The van der Waals surface area contributed by atoms with Gasteiger partial charge in [0.1, 0.15) is 6.29 Å². The lowest BCUT2D eigenvalue weighted by molar-refractivity contribution is -0.140. The maximum atomic E-state index is 9.82. The molecule has 0 aliphatic rings. The summed E-state index contributed by atoms with van der Waals surface area (Å²) < 4.78 is 4.40. The van der Waals surface area contributed by atoms with Crippen LogP contribution in [0.3, 0.4) is 0 Å². The first kappa shape index (κ1) is 18.0. The Morgan fingerprint density at radius 3 is 1.77 bits per heavy atom. The third kappa shape index (κ3) is 54.7. The summed E-state index contributed by atoms with van der Waals surface area (Å²) in [6, 6.07) is 0. The average Bonchev–Trinajstić information content (AvgIpc) is 2.09. The minimum Gasteiger partial charge on any atom is -0.466 e. The van der Waals surface area contributed by atoms with E-state index >= 15 is 0 Å². The van der Waals surface area contributed by atoms with Crippen LogP contribution in [-0.4, -0.2) is 31.1 Å². The van der Waals surface area contributed by atoms with Gasteiger partial charge in [-0.1, -0.05) is 13.8 Å². The van der Waals surface area contributed by atoms with Crippen LogP contribution in [0, 0.1) is 5.92 Å². The van der Waals surface area contributed by atoms with Crippen molar-refractivity contribution in [3.8, 4) is 0 Å². The van der Waals surface area contributed by atoms with E-state index in [1.807, 2.05) is 13.8 Å². The first-order valence-electron chi connectivity index (χ1n) is 4.07. The van der Waals surface area contributed by atoms with Gasteiger partial charge in [0.15, 0.2) is 0 Å². The highest BCUT2D eigenvalue weighted by atomic mass is 16.5. The number of carbonyl (C=O) groups is 2. The van der Waals surface area contributed by atoms with E-state index in [9.17, 15) is 9.59 Å². The molecule has 0 aliphatic carbocycles. The van der Waals surface area contributed by atoms with Crippen molar-refractivity contribution in [3.05, 3.63) is 0 Å². The molecular formula is C9H20O4. The Labute approximate surface area is 79.9 Å². The normalized spacial score (nSPS) is 7.31. The quantitative estimate of drug-likeness (QED) is 0.524. The molecule has 0 spiro atoms. The lowest BCUT2D eigenvalue weighted by Crippen LogP contribution is -1.95. The largest absolute Gasteiger partial charge is 0.466 e. The summed E-state index contributed by atoms with van der Waals surface area (Å²) in [7, 11) is 1.00. The van der Waals surface area contributed by atoms with Crippen LogP contribution in [0.5, 0.6) is 0 Å². The standard InChI is InChI=1S/C4H8O2.C4H8O.CH4O/c1-3-6-4(2)5;1-4(2)3-5;1-2/h3H2,1-2H3;3-4H,1-2H3;2H,1H3. The SMILES string of the molecule is CC(C)C=O.CCOC(C)=O.CO. The zero-order valence-corrected chi connectivity index (χ0v) is 9.03. The third-order valence-corrected chi connectivity index (χ3v) is 0.620. The molecule has 0 saturated carbocycles. The molecule has 0 aliphatic heterocycles. The number of rotatable bonds is 2. The number of aldehydes is 1. The van der Waals surface area contributed by atoms with Crippen molar-refractivity contribution in [1.82, 2.24) is 0 Å². The zero-order valence-electron chi connectivity index (χ0n) is 9.03. The fraction of sp³-hybridized carbons (Fsp3) is 0.778. The van der Waals surface area contributed by atoms with Gasteiger partial charge in [0, 0.05) is 20.0 Å². The molecular weight excluding hydrogens is 172 g/mol. The summed E-state index contributed by atoms with van der Waals surface area (Å²) in [5.74, 6) is -0.00694. The maximum absolute atomic E-state index is 9.82. The van der Waals surface area contributed by atoms with E-state index in [1.54, 1.807) is 6.92 Å². The molecule has 80 valence electrons. The Hall–Kier alpha value is -0.900. The summed E-state index contributed by atoms with van der Waals surface area (Å²) >= 11 is 0. The molecule has 0 atom stereocenters. The fourth-order valence-electron chi connectivity index (χ4n) is 0.203. The topological polar surface area (TPSA) is 63.6 Å². The van der Waals surface area contributed by atoms with Crippen molar-refractivity contribution in [1.29, 1.82) is 0 Å². The van der Waals surface area contributed by atoms with Gasteiger partial charge in [-0.05, 0) is 6.92 Å². The molecule has 0 rings (SSSR count). The first-order valence-corrected chi connectivity index (χ1v) is 4.07. The Kier molecular flexibility index (Phi) is 23.9. The minimum atomic E-state index is -0.211. The van der Waals surface area contributed by atoms with Gasteiger partial charge in [-0.15, -0.1) is 0 Å². The average molecular weight is 192 g/mol. The van der Waals surface area contributed by atoms with Gasteiger partial charge < -0.3 is 14.6 Å². The predicted octanol–water partition coefficient (Wildman–Crippen LogP) is 1.02. The van der Waals surface area contributed by atoms with Crippen molar-refractivity contribution >= 4 is 12.3 Å². The van der Waals surface area contributed by atoms with E-state index in [-0.39, 0.29) is 11.9 Å². The van der Waals surface area contributed by atoms with Crippen molar-refractivity contribution < 1.29 is 19.4 Å². The molecule has 0 aromatic heterocycles. The Morgan fingerprint density at radius 1 is 1.46 bits per heavy atom. The van der Waals surface area contributed by atoms with E-state index in [2.05, 4.69) is 4.74 Å². The van der Waals surface area contributed by atoms with Crippen molar-refractivity contribution in [2.24, 2.45) is 5.92 Å². The maximum Gasteiger partial charge on any atom is 0.302 e. The zero-order chi connectivity index (χ0) is 11.3. The predicted molar refractivity (Wildman–Crippen MR) is 51.4 cm³/mol. The van der Waals surface area contributed by atoms with E-state index in [1.165, 1.54) is 6.92 Å².